The molecule has 5 nitrogen and oxygen atoms in total. The van der Waals surface area contributed by atoms with Crippen LogP contribution in [0.15, 0.2) is 18.2 Å². The van der Waals surface area contributed by atoms with Gasteiger partial charge in [0.25, 0.3) is 5.69 Å². The maximum atomic E-state index is 10.6. The first-order valence-corrected chi connectivity index (χ1v) is 6.61. The van der Waals surface area contributed by atoms with E-state index in [1.165, 1.54) is 18.2 Å². The molecule has 6 heteroatoms. The van der Waals surface area contributed by atoms with Crippen molar-refractivity contribution in [1.29, 1.82) is 0 Å². The van der Waals surface area contributed by atoms with Crippen molar-refractivity contribution in [1.82, 2.24) is 0 Å². The number of benzene rings is 1. The number of unbranched alkanes of at least 4 members (excludes halogenated alkanes) is 1. The van der Waals surface area contributed by atoms with Gasteiger partial charge in [-0.2, -0.15) is 0 Å². The van der Waals surface area contributed by atoms with Crippen LogP contribution in [-0.2, 0) is 16.1 Å². The summed E-state index contributed by atoms with van der Waals surface area (Å²) in [6.45, 7) is 4.05. The Morgan fingerprint density at radius 3 is 2.68 bits per heavy atom. The monoisotopic (exact) mass is 287 g/mol. The Labute approximate surface area is 117 Å². The summed E-state index contributed by atoms with van der Waals surface area (Å²) >= 11 is 5.95. The molecule has 0 aliphatic rings. The fraction of sp³-hybridized carbons (Fsp3) is 0.538. The molecule has 0 aromatic heterocycles. The van der Waals surface area contributed by atoms with Gasteiger partial charge < -0.3 is 9.47 Å². The number of hydrogen-bond donors (Lipinski definition) is 0. The van der Waals surface area contributed by atoms with Crippen LogP contribution in [0.5, 0.6) is 0 Å². The molecule has 1 rings (SSSR count). The standard InChI is InChI=1S/C13H18ClNO4/c1-2-3-6-18-7-8-19-10-11-9-12(15(16)17)4-5-13(11)14/h4-5,9H,2-3,6-8,10H2,1H3. The maximum Gasteiger partial charge on any atom is 0.269 e. The summed E-state index contributed by atoms with van der Waals surface area (Å²) < 4.78 is 10.7. The summed E-state index contributed by atoms with van der Waals surface area (Å²) in [6, 6.07) is 4.32. The van der Waals surface area contributed by atoms with Gasteiger partial charge in [0.1, 0.15) is 0 Å². The highest BCUT2D eigenvalue weighted by Crippen LogP contribution is 2.22. The van der Waals surface area contributed by atoms with Gasteiger partial charge in [0, 0.05) is 29.3 Å². The fourth-order valence-corrected chi connectivity index (χ4v) is 1.61. The lowest BCUT2D eigenvalue weighted by molar-refractivity contribution is -0.384. The highest BCUT2D eigenvalue weighted by Gasteiger charge is 2.09. The zero-order chi connectivity index (χ0) is 14.1. The van der Waals surface area contributed by atoms with Crippen molar-refractivity contribution in [3.63, 3.8) is 0 Å². The van der Waals surface area contributed by atoms with Crippen molar-refractivity contribution in [2.45, 2.75) is 26.4 Å². The van der Waals surface area contributed by atoms with Crippen LogP contribution in [-0.4, -0.2) is 24.7 Å². The van der Waals surface area contributed by atoms with Gasteiger partial charge >= 0.3 is 0 Å². The lowest BCUT2D eigenvalue weighted by Gasteiger charge is -2.07. The van der Waals surface area contributed by atoms with Crippen molar-refractivity contribution in [2.24, 2.45) is 0 Å². The molecule has 0 bridgehead atoms. The molecule has 0 spiro atoms. The van der Waals surface area contributed by atoms with Crippen LogP contribution in [0.2, 0.25) is 5.02 Å². The molecule has 0 heterocycles. The minimum atomic E-state index is -0.451. The molecule has 0 aliphatic carbocycles. The van der Waals surface area contributed by atoms with Crippen molar-refractivity contribution >= 4 is 17.3 Å². The first-order valence-electron chi connectivity index (χ1n) is 6.23. The Bertz CT molecular complexity index is 412. The second-order valence-corrected chi connectivity index (χ2v) is 4.46. The van der Waals surface area contributed by atoms with E-state index in [0.717, 1.165) is 19.4 Å². The van der Waals surface area contributed by atoms with Crippen LogP contribution < -0.4 is 0 Å². The maximum absolute atomic E-state index is 10.6. The van der Waals surface area contributed by atoms with Crippen LogP contribution in [0.1, 0.15) is 25.3 Å². The molecule has 1 aromatic carbocycles. The molecule has 0 unspecified atom stereocenters. The summed E-state index contributed by atoms with van der Waals surface area (Å²) in [5, 5.41) is 11.1. The van der Waals surface area contributed by atoms with Gasteiger partial charge in [0.05, 0.1) is 24.7 Å². The molecule has 0 radical (unpaired) electrons. The summed E-state index contributed by atoms with van der Waals surface area (Å²) in [7, 11) is 0. The largest absolute Gasteiger partial charge is 0.379 e. The van der Waals surface area contributed by atoms with Crippen molar-refractivity contribution < 1.29 is 14.4 Å². The Hall–Kier alpha value is -1.17. The first-order chi connectivity index (χ1) is 9.15. The number of ether oxygens (including phenoxy) is 2. The molecule has 106 valence electrons. The van der Waals surface area contributed by atoms with Crippen molar-refractivity contribution in [3.8, 4) is 0 Å². The number of halogens is 1. The minimum Gasteiger partial charge on any atom is -0.379 e. The van der Waals surface area contributed by atoms with E-state index in [-0.39, 0.29) is 12.3 Å². The van der Waals surface area contributed by atoms with Crippen LogP contribution in [0.4, 0.5) is 5.69 Å². The number of nitro benzene ring substituents is 1. The number of nitro groups is 1. The third kappa shape index (κ3) is 6.00. The van der Waals surface area contributed by atoms with E-state index in [9.17, 15) is 10.1 Å². The van der Waals surface area contributed by atoms with Gasteiger partial charge in [0.15, 0.2) is 0 Å². The highest BCUT2D eigenvalue weighted by atomic mass is 35.5. The Kier molecular flexibility index (Phi) is 7.40. The van der Waals surface area contributed by atoms with E-state index < -0.39 is 4.92 Å². The predicted molar refractivity (Wildman–Crippen MR) is 73.5 cm³/mol. The van der Waals surface area contributed by atoms with Crippen LogP contribution in [0.3, 0.4) is 0 Å². The lowest BCUT2D eigenvalue weighted by atomic mass is 10.2. The average molecular weight is 288 g/mol. The van der Waals surface area contributed by atoms with E-state index in [1.54, 1.807) is 0 Å². The summed E-state index contributed by atoms with van der Waals surface area (Å²) in [6.07, 6.45) is 2.14. The summed E-state index contributed by atoms with van der Waals surface area (Å²) in [5.41, 5.74) is 0.631. The summed E-state index contributed by atoms with van der Waals surface area (Å²) in [5.74, 6) is 0. The van der Waals surface area contributed by atoms with Crippen LogP contribution in [0, 0.1) is 10.1 Å². The first kappa shape index (κ1) is 15.9. The van der Waals surface area contributed by atoms with Crippen molar-refractivity contribution in [2.75, 3.05) is 19.8 Å². The average Bonchev–Trinajstić information content (AvgIpc) is 2.39. The molecule has 0 saturated heterocycles. The number of rotatable bonds is 9. The molecule has 0 aliphatic heterocycles. The topological polar surface area (TPSA) is 61.6 Å². The minimum absolute atomic E-state index is 0.0159. The highest BCUT2D eigenvalue weighted by molar-refractivity contribution is 6.31. The number of hydrogen-bond acceptors (Lipinski definition) is 4. The molecular formula is C13H18ClNO4. The van der Waals surface area contributed by atoms with E-state index in [4.69, 9.17) is 21.1 Å². The van der Waals surface area contributed by atoms with Gasteiger partial charge in [-0.1, -0.05) is 24.9 Å². The molecule has 0 atom stereocenters. The predicted octanol–water partition coefficient (Wildman–Crippen LogP) is 3.58. The van der Waals surface area contributed by atoms with E-state index in [0.29, 0.717) is 23.8 Å². The number of non-ortho nitro benzene ring substituents is 1. The molecule has 1 aromatic rings. The van der Waals surface area contributed by atoms with E-state index >= 15 is 0 Å². The van der Waals surface area contributed by atoms with Crippen LogP contribution >= 0.6 is 11.6 Å². The normalized spacial score (nSPS) is 10.6. The summed E-state index contributed by atoms with van der Waals surface area (Å²) in [4.78, 5) is 10.2. The zero-order valence-electron chi connectivity index (χ0n) is 10.9. The second-order valence-electron chi connectivity index (χ2n) is 4.05. The SMILES string of the molecule is CCCCOCCOCc1cc([N+](=O)[O-])ccc1Cl. The van der Waals surface area contributed by atoms with Gasteiger partial charge in [0.2, 0.25) is 0 Å². The number of nitrogens with zero attached hydrogens (tertiary/aromatic N) is 1. The Morgan fingerprint density at radius 2 is 2.00 bits per heavy atom. The molecule has 0 amide bonds. The Morgan fingerprint density at radius 1 is 1.26 bits per heavy atom. The van der Waals surface area contributed by atoms with E-state index in [1.807, 2.05) is 0 Å². The smallest absolute Gasteiger partial charge is 0.269 e. The van der Waals surface area contributed by atoms with Gasteiger partial charge in [-0.3, -0.25) is 10.1 Å². The van der Waals surface area contributed by atoms with Gasteiger partial charge in [-0.25, -0.2) is 0 Å². The third-order valence-corrected chi connectivity index (χ3v) is 2.88. The quantitative estimate of drug-likeness (QED) is 0.396. The molecular weight excluding hydrogens is 270 g/mol. The van der Waals surface area contributed by atoms with Gasteiger partial charge in [-0.05, 0) is 12.5 Å². The molecule has 0 N–H and O–H groups in total. The lowest BCUT2D eigenvalue weighted by Crippen LogP contribution is -2.05. The van der Waals surface area contributed by atoms with Crippen LogP contribution in [0.25, 0.3) is 0 Å². The molecule has 0 fully saturated rings. The van der Waals surface area contributed by atoms with Gasteiger partial charge in [-0.15, -0.1) is 0 Å². The van der Waals surface area contributed by atoms with Crippen molar-refractivity contribution in [3.05, 3.63) is 38.9 Å². The fourth-order valence-electron chi connectivity index (χ4n) is 1.43. The Balaban J connectivity index is 2.32. The zero-order valence-corrected chi connectivity index (χ0v) is 11.7. The van der Waals surface area contributed by atoms with E-state index in [2.05, 4.69) is 6.92 Å². The molecule has 19 heavy (non-hydrogen) atoms. The third-order valence-electron chi connectivity index (χ3n) is 2.51. The molecule has 0 saturated carbocycles. The second kappa shape index (κ2) is 8.85.